The number of anilines is 3. The van der Waals surface area contributed by atoms with Crippen LogP contribution in [-0.2, 0) is 14.8 Å². The van der Waals surface area contributed by atoms with Crippen LogP contribution in [0.2, 0.25) is 0 Å². The molecule has 0 radical (unpaired) electrons. The first kappa shape index (κ1) is 26.4. The molecule has 0 unspecified atom stereocenters. The maximum absolute atomic E-state index is 13.6. The normalized spacial score (nSPS) is 22.8. The molecule has 2 amide bonds. The van der Waals surface area contributed by atoms with E-state index in [9.17, 15) is 31.9 Å². The molecule has 0 bridgehead atoms. The number of carboxylic acid groups (broad SMARTS) is 1. The van der Waals surface area contributed by atoms with E-state index in [1.165, 1.54) is 9.21 Å². The summed E-state index contributed by atoms with van der Waals surface area (Å²) in [6.07, 6.45) is -0.237. The Balaban J connectivity index is 1.42. The van der Waals surface area contributed by atoms with Crippen molar-refractivity contribution in [3.05, 3.63) is 42.5 Å². The third kappa shape index (κ3) is 5.08. The lowest BCUT2D eigenvalue weighted by atomic mass is 9.84. The van der Waals surface area contributed by atoms with Crippen LogP contribution >= 0.6 is 0 Å². The van der Waals surface area contributed by atoms with Crippen LogP contribution in [0.3, 0.4) is 0 Å². The summed E-state index contributed by atoms with van der Waals surface area (Å²) in [5.41, 5.74) is 2.94. The molecule has 1 aliphatic carbocycles. The quantitative estimate of drug-likeness (QED) is 0.558. The van der Waals surface area contributed by atoms with Gasteiger partial charge in [-0.25, -0.2) is 22.0 Å². The molecule has 38 heavy (non-hydrogen) atoms. The number of hydrogen-bond acceptors (Lipinski definition) is 4. The van der Waals surface area contributed by atoms with Gasteiger partial charge in [0.2, 0.25) is 21.9 Å². The second kappa shape index (κ2) is 9.83. The van der Waals surface area contributed by atoms with E-state index in [0.29, 0.717) is 42.9 Å². The SMILES string of the molecule is C[C@H]1CN(C(=O)O)c2cc(-c3ccc(N4CCCS4(=O)=O)cc3)ccc2N1C(=O)CC1CCC(F)(F)CC1. The molecule has 2 heterocycles. The number of nitrogens with zero attached hydrogens (tertiary/aromatic N) is 3. The van der Waals surface area contributed by atoms with Gasteiger partial charge in [0.05, 0.1) is 28.9 Å². The van der Waals surface area contributed by atoms with E-state index in [4.69, 9.17) is 0 Å². The van der Waals surface area contributed by atoms with Crippen molar-refractivity contribution in [3.63, 3.8) is 0 Å². The van der Waals surface area contributed by atoms with Crippen LogP contribution in [0.5, 0.6) is 0 Å². The van der Waals surface area contributed by atoms with Gasteiger partial charge in [0.25, 0.3) is 0 Å². The number of carbonyl (C=O) groups is 2. The first-order valence-corrected chi connectivity index (χ1v) is 14.5. The highest BCUT2D eigenvalue weighted by molar-refractivity contribution is 7.93. The number of benzene rings is 2. The van der Waals surface area contributed by atoms with Crippen LogP contribution in [-0.4, -0.2) is 56.3 Å². The lowest BCUT2D eigenvalue weighted by Crippen LogP contribution is -2.52. The molecule has 5 rings (SSSR count). The Morgan fingerprint density at radius 2 is 1.68 bits per heavy atom. The standard InChI is InChI=1S/C27H31F2N3O5S/c1-18-17-30(26(34)35)24-16-21(20-3-6-22(7-4-20)31-13-2-14-38(31,36)37)5-8-23(24)32(18)25(33)15-19-9-11-27(28,29)12-10-19/h3-8,16,18-19H,2,9-15,17H2,1H3,(H,34,35)/t18-/m0/s1. The first-order chi connectivity index (χ1) is 17.9. The predicted molar refractivity (Wildman–Crippen MR) is 141 cm³/mol. The number of amides is 2. The number of rotatable bonds is 4. The zero-order valence-electron chi connectivity index (χ0n) is 21.1. The molecule has 1 saturated carbocycles. The number of fused-ring (bicyclic) bond motifs is 1. The van der Waals surface area contributed by atoms with Gasteiger partial charge in [0.15, 0.2) is 0 Å². The number of carbonyl (C=O) groups excluding carboxylic acids is 1. The van der Waals surface area contributed by atoms with Gasteiger partial charge in [-0.15, -0.1) is 0 Å². The van der Waals surface area contributed by atoms with Gasteiger partial charge in [-0.3, -0.25) is 14.0 Å². The van der Waals surface area contributed by atoms with Gasteiger partial charge >= 0.3 is 6.09 Å². The minimum Gasteiger partial charge on any atom is -0.465 e. The Morgan fingerprint density at radius 3 is 2.29 bits per heavy atom. The van der Waals surface area contributed by atoms with E-state index < -0.39 is 28.1 Å². The maximum Gasteiger partial charge on any atom is 0.411 e. The van der Waals surface area contributed by atoms with E-state index in [1.54, 1.807) is 54.3 Å². The molecule has 3 aliphatic rings. The van der Waals surface area contributed by atoms with Gasteiger partial charge in [-0.2, -0.15) is 0 Å². The third-order valence-electron chi connectivity index (χ3n) is 7.80. The van der Waals surface area contributed by atoms with Gasteiger partial charge < -0.3 is 10.0 Å². The Kier molecular flexibility index (Phi) is 6.83. The molecule has 0 aromatic heterocycles. The summed E-state index contributed by atoms with van der Waals surface area (Å²) in [7, 11) is -3.30. The Morgan fingerprint density at radius 1 is 1.03 bits per heavy atom. The second-order valence-electron chi connectivity index (χ2n) is 10.5. The summed E-state index contributed by atoms with van der Waals surface area (Å²) < 4.78 is 53.0. The minimum atomic E-state index is -3.30. The van der Waals surface area contributed by atoms with Crippen LogP contribution in [0.15, 0.2) is 42.5 Å². The Labute approximate surface area is 220 Å². The average molecular weight is 548 g/mol. The lowest BCUT2D eigenvalue weighted by molar-refractivity contribution is -0.121. The molecule has 2 fully saturated rings. The molecule has 2 aromatic carbocycles. The van der Waals surface area contributed by atoms with Crippen molar-refractivity contribution in [1.82, 2.24) is 0 Å². The molecule has 1 saturated heterocycles. The van der Waals surface area contributed by atoms with Crippen molar-refractivity contribution in [3.8, 4) is 11.1 Å². The summed E-state index contributed by atoms with van der Waals surface area (Å²) in [6, 6.07) is 11.9. The molecule has 11 heteroatoms. The maximum atomic E-state index is 13.6. The number of alkyl halides is 2. The average Bonchev–Trinajstić information content (AvgIpc) is 3.23. The van der Waals surface area contributed by atoms with E-state index in [2.05, 4.69) is 0 Å². The molecular weight excluding hydrogens is 516 g/mol. The molecule has 2 aliphatic heterocycles. The molecule has 0 spiro atoms. The molecule has 1 atom stereocenters. The number of halogens is 2. The van der Waals surface area contributed by atoms with Crippen molar-refractivity contribution in [2.75, 3.05) is 32.9 Å². The second-order valence-corrected chi connectivity index (χ2v) is 12.5. The fourth-order valence-electron chi connectivity index (χ4n) is 5.76. The zero-order valence-corrected chi connectivity index (χ0v) is 22.0. The van der Waals surface area contributed by atoms with Crippen LogP contribution in [0.1, 0.15) is 45.4 Å². The van der Waals surface area contributed by atoms with Crippen LogP contribution in [0.25, 0.3) is 11.1 Å². The largest absolute Gasteiger partial charge is 0.465 e. The van der Waals surface area contributed by atoms with Crippen molar-refractivity contribution in [1.29, 1.82) is 0 Å². The van der Waals surface area contributed by atoms with Gasteiger partial charge in [-0.05, 0) is 67.5 Å². The lowest BCUT2D eigenvalue weighted by Gasteiger charge is -2.41. The van der Waals surface area contributed by atoms with Crippen LogP contribution in [0.4, 0.5) is 30.6 Å². The molecule has 2 aromatic rings. The smallest absolute Gasteiger partial charge is 0.411 e. The molecule has 8 nitrogen and oxygen atoms in total. The first-order valence-electron chi connectivity index (χ1n) is 12.9. The highest BCUT2D eigenvalue weighted by Gasteiger charge is 2.39. The molecule has 1 N–H and O–H groups in total. The molecule has 204 valence electrons. The van der Waals surface area contributed by atoms with E-state index in [-0.39, 0.29) is 43.4 Å². The fourth-order valence-corrected chi connectivity index (χ4v) is 7.33. The Hall–Kier alpha value is -3.21. The van der Waals surface area contributed by atoms with Crippen molar-refractivity contribution >= 4 is 39.1 Å². The van der Waals surface area contributed by atoms with E-state index in [0.717, 1.165) is 11.1 Å². The zero-order chi connectivity index (χ0) is 27.2. The minimum absolute atomic E-state index is 0.0893. The van der Waals surface area contributed by atoms with E-state index >= 15 is 0 Å². The van der Waals surface area contributed by atoms with Gasteiger partial charge in [-0.1, -0.05) is 18.2 Å². The van der Waals surface area contributed by atoms with Crippen molar-refractivity contribution in [2.24, 2.45) is 5.92 Å². The summed E-state index contributed by atoms with van der Waals surface area (Å²) in [5.74, 6) is -2.84. The van der Waals surface area contributed by atoms with Crippen molar-refractivity contribution < 1.29 is 31.9 Å². The van der Waals surface area contributed by atoms with Gasteiger partial charge in [0, 0.05) is 32.4 Å². The number of sulfonamides is 1. The third-order valence-corrected chi connectivity index (χ3v) is 9.67. The summed E-state index contributed by atoms with van der Waals surface area (Å²) >= 11 is 0. The van der Waals surface area contributed by atoms with Gasteiger partial charge in [0.1, 0.15) is 0 Å². The monoisotopic (exact) mass is 547 g/mol. The Bertz CT molecular complexity index is 1340. The number of hydrogen-bond donors (Lipinski definition) is 1. The van der Waals surface area contributed by atoms with E-state index in [1.807, 2.05) is 0 Å². The predicted octanol–water partition coefficient (Wildman–Crippen LogP) is 5.33. The summed E-state index contributed by atoms with van der Waals surface area (Å²) in [5, 5.41) is 9.90. The van der Waals surface area contributed by atoms with Crippen LogP contribution < -0.4 is 14.1 Å². The highest BCUT2D eigenvalue weighted by atomic mass is 32.2. The highest BCUT2D eigenvalue weighted by Crippen LogP contribution is 2.42. The van der Waals surface area contributed by atoms with Crippen LogP contribution in [0, 0.1) is 5.92 Å². The van der Waals surface area contributed by atoms with Crippen molar-refractivity contribution in [2.45, 2.75) is 57.4 Å². The summed E-state index contributed by atoms with van der Waals surface area (Å²) in [6.45, 7) is 2.32. The fraction of sp³-hybridized carbons (Fsp3) is 0.481. The molecular formula is C27H31F2N3O5S. The topological polar surface area (TPSA) is 98.2 Å². The summed E-state index contributed by atoms with van der Waals surface area (Å²) in [4.78, 5) is 28.3.